The molecule has 0 bridgehead atoms. The molecule has 0 aromatic heterocycles. The summed E-state index contributed by atoms with van der Waals surface area (Å²) < 4.78 is 10.3. The average molecular weight is 498 g/mol. The van der Waals surface area contributed by atoms with Gasteiger partial charge in [0.05, 0.1) is 12.7 Å². The molecule has 0 spiro atoms. The van der Waals surface area contributed by atoms with Crippen molar-refractivity contribution in [3.63, 3.8) is 0 Å². The lowest BCUT2D eigenvalue weighted by Crippen LogP contribution is -2.54. The Bertz CT molecular complexity index is 748. The second-order valence-electron chi connectivity index (χ2n) is 9.83. The van der Waals surface area contributed by atoms with Crippen molar-refractivity contribution in [1.29, 1.82) is 0 Å². The number of unbranched alkanes of at least 4 members (excludes halogenated alkanes) is 3. The molecule has 0 aliphatic carbocycles. The zero-order valence-corrected chi connectivity index (χ0v) is 22.0. The topological polar surface area (TPSA) is 134 Å². The number of allylic oxidation sites excluding steroid dienone is 1. The summed E-state index contributed by atoms with van der Waals surface area (Å²) in [4.78, 5) is 51.5. The molecule has 10 nitrogen and oxygen atoms in total. The number of aliphatic hydroxyl groups is 1. The van der Waals surface area contributed by atoms with Crippen molar-refractivity contribution in [2.24, 2.45) is 5.92 Å². The van der Waals surface area contributed by atoms with Crippen molar-refractivity contribution in [3.8, 4) is 0 Å². The van der Waals surface area contributed by atoms with Gasteiger partial charge in [-0.05, 0) is 40.5 Å². The van der Waals surface area contributed by atoms with Gasteiger partial charge in [-0.2, -0.15) is 0 Å². The first-order chi connectivity index (χ1) is 16.4. The molecule has 1 rings (SSSR count). The Labute approximate surface area is 208 Å². The summed E-state index contributed by atoms with van der Waals surface area (Å²) in [6.45, 7) is 10.5. The van der Waals surface area contributed by atoms with Crippen LogP contribution in [0, 0.1) is 5.92 Å². The maximum absolute atomic E-state index is 13.1. The minimum absolute atomic E-state index is 0.0286. The molecule has 200 valence electrons. The van der Waals surface area contributed by atoms with Crippen LogP contribution < -0.4 is 10.6 Å². The number of likely N-dealkylation sites (tertiary alicyclic amines) is 1. The van der Waals surface area contributed by atoms with E-state index in [1.54, 1.807) is 27.7 Å². The van der Waals surface area contributed by atoms with Crippen LogP contribution in [-0.4, -0.2) is 77.4 Å². The first-order valence-electron chi connectivity index (χ1n) is 12.5. The molecule has 1 saturated heterocycles. The number of β-amino-alcohol motifs (C(OH)–C–C–N with tert-alkyl or cyclic N) is 1. The molecule has 35 heavy (non-hydrogen) atoms. The minimum atomic E-state index is -0.976. The number of hydrogen-bond donors (Lipinski definition) is 3. The standard InChI is InChI=1S/C25H43N3O7/c1-7-9-10-11-12-13-17(3)21(23(32)34-8-2)27-22(31)19-14-18(29)16-28(19)20(30)15-26-24(33)35-25(4,5)6/h12-13,17-19,21,29H,7-11,14-16H2,1-6H3,(H,26,33)(H,27,31)/b13-12-. The van der Waals surface area contributed by atoms with Crippen LogP contribution in [-0.2, 0) is 23.9 Å². The molecule has 0 aromatic rings. The summed E-state index contributed by atoms with van der Waals surface area (Å²) in [5.41, 5.74) is -0.720. The Morgan fingerprint density at radius 3 is 2.46 bits per heavy atom. The molecule has 1 heterocycles. The van der Waals surface area contributed by atoms with E-state index in [9.17, 15) is 24.3 Å². The summed E-state index contributed by atoms with van der Waals surface area (Å²) >= 11 is 0. The number of nitrogens with one attached hydrogen (secondary N) is 2. The smallest absolute Gasteiger partial charge is 0.408 e. The fourth-order valence-corrected chi connectivity index (χ4v) is 3.72. The number of hydrogen-bond acceptors (Lipinski definition) is 7. The van der Waals surface area contributed by atoms with Gasteiger partial charge in [-0.15, -0.1) is 0 Å². The van der Waals surface area contributed by atoms with Crippen molar-refractivity contribution in [3.05, 3.63) is 12.2 Å². The molecule has 10 heteroatoms. The van der Waals surface area contributed by atoms with Gasteiger partial charge in [0.2, 0.25) is 11.8 Å². The number of amides is 3. The van der Waals surface area contributed by atoms with Gasteiger partial charge >= 0.3 is 12.1 Å². The van der Waals surface area contributed by atoms with Crippen molar-refractivity contribution in [2.45, 2.75) is 97.4 Å². The van der Waals surface area contributed by atoms with Gasteiger partial charge in [0, 0.05) is 18.9 Å². The Kier molecular flexibility index (Phi) is 12.8. The number of esters is 1. The molecule has 4 unspecified atom stereocenters. The summed E-state index contributed by atoms with van der Waals surface area (Å²) in [5, 5.41) is 15.2. The summed E-state index contributed by atoms with van der Waals surface area (Å²) in [6, 6.07) is -1.91. The van der Waals surface area contributed by atoms with E-state index >= 15 is 0 Å². The number of carbonyl (C=O) groups is 4. The third-order valence-electron chi connectivity index (χ3n) is 5.46. The molecule has 0 saturated carbocycles. The van der Waals surface area contributed by atoms with Crippen molar-refractivity contribution >= 4 is 23.9 Å². The molecule has 0 radical (unpaired) electrons. The Morgan fingerprint density at radius 1 is 1.17 bits per heavy atom. The lowest BCUT2D eigenvalue weighted by Gasteiger charge is -2.27. The highest BCUT2D eigenvalue weighted by atomic mass is 16.6. The number of aliphatic hydroxyl groups excluding tert-OH is 1. The molecule has 1 aliphatic rings. The first kappa shape index (κ1) is 30.4. The molecular weight excluding hydrogens is 454 g/mol. The van der Waals surface area contributed by atoms with E-state index < -0.39 is 47.7 Å². The maximum Gasteiger partial charge on any atom is 0.408 e. The molecule has 0 aromatic carbocycles. The highest BCUT2D eigenvalue weighted by Crippen LogP contribution is 2.20. The predicted molar refractivity (Wildman–Crippen MR) is 131 cm³/mol. The van der Waals surface area contributed by atoms with Gasteiger partial charge < -0.3 is 30.1 Å². The second-order valence-corrected chi connectivity index (χ2v) is 9.83. The van der Waals surface area contributed by atoms with Gasteiger partial charge in [0.15, 0.2) is 0 Å². The molecule has 3 N–H and O–H groups in total. The van der Waals surface area contributed by atoms with Crippen molar-refractivity contribution in [1.82, 2.24) is 15.5 Å². The Morgan fingerprint density at radius 2 is 1.86 bits per heavy atom. The summed E-state index contributed by atoms with van der Waals surface area (Å²) in [5.74, 6) is -1.99. The average Bonchev–Trinajstić information content (AvgIpc) is 3.16. The van der Waals surface area contributed by atoms with Gasteiger partial charge in [-0.3, -0.25) is 9.59 Å². The number of ether oxygens (including phenoxy) is 2. The third-order valence-corrected chi connectivity index (χ3v) is 5.46. The molecule has 3 amide bonds. The molecule has 4 atom stereocenters. The van der Waals surface area contributed by atoms with Crippen LogP contribution in [0.1, 0.15) is 73.6 Å². The fourth-order valence-electron chi connectivity index (χ4n) is 3.72. The van der Waals surface area contributed by atoms with Crippen LogP contribution in [0.5, 0.6) is 0 Å². The number of carbonyl (C=O) groups excluding carboxylic acids is 4. The van der Waals surface area contributed by atoms with E-state index in [4.69, 9.17) is 9.47 Å². The van der Waals surface area contributed by atoms with Gasteiger partial charge in [0.25, 0.3) is 0 Å². The molecule has 1 fully saturated rings. The van der Waals surface area contributed by atoms with Crippen LogP contribution in [0.2, 0.25) is 0 Å². The van der Waals surface area contributed by atoms with Crippen molar-refractivity contribution < 1.29 is 33.8 Å². The van der Waals surface area contributed by atoms with E-state index in [1.165, 1.54) is 4.90 Å². The highest BCUT2D eigenvalue weighted by Gasteiger charge is 2.40. The van der Waals surface area contributed by atoms with E-state index in [0.29, 0.717) is 0 Å². The lowest BCUT2D eigenvalue weighted by molar-refractivity contribution is -0.149. The van der Waals surface area contributed by atoms with Crippen LogP contribution in [0.3, 0.4) is 0 Å². The van der Waals surface area contributed by atoms with Crippen LogP contribution >= 0.6 is 0 Å². The quantitative estimate of drug-likeness (QED) is 0.214. The monoisotopic (exact) mass is 497 g/mol. The minimum Gasteiger partial charge on any atom is -0.464 e. The van der Waals surface area contributed by atoms with E-state index in [1.807, 2.05) is 19.1 Å². The summed E-state index contributed by atoms with van der Waals surface area (Å²) in [6.07, 6.45) is 6.41. The summed E-state index contributed by atoms with van der Waals surface area (Å²) in [7, 11) is 0. The lowest BCUT2D eigenvalue weighted by atomic mass is 9.99. The Balaban J connectivity index is 2.85. The van der Waals surface area contributed by atoms with E-state index in [0.717, 1.165) is 25.7 Å². The normalized spacial score (nSPS) is 19.8. The van der Waals surface area contributed by atoms with Crippen LogP contribution in [0.4, 0.5) is 4.79 Å². The maximum atomic E-state index is 13.1. The number of alkyl carbamates (subject to hydrolysis) is 1. The highest BCUT2D eigenvalue weighted by molar-refractivity contribution is 5.92. The zero-order chi connectivity index (χ0) is 26.6. The van der Waals surface area contributed by atoms with Crippen molar-refractivity contribution in [2.75, 3.05) is 19.7 Å². The molecule has 1 aliphatic heterocycles. The van der Waals surface area contributed by atoms with E-state index in [2.05, 4.69) is 17.6 Å². The molecular formula is C25H43N3O7. The largest absolute Gasteiger partial charge is 0.464 e. The van der Waals surface area contributed by atoms with Gasteiger partial charge in [-0.1, -0.05) is 38.8 Å². The van der Waals surface area contributed by atoms with Crippen LogP contribution in [0.25, 0.3) is 0 Å². The fraction of sp³-hybridized carbons (Fsp3) is 0.760. The Hall–Kier alpha value is -2.62. The second kappa shape index (κ2) is 14.7. The van der Waals surface area contributed by atoms with Crippen LogP contribution in [0.15, 0.2) is 12.2 Å². The first-order valence-corrected chi connectivity index (χ1v) is 12.5. The SMILES string of the molecule is CCCCC/C=C\C(C)C(NC(=O)C1CC(O)CN1C(=O)CNC(=O)OC(C)(C)C)C(=O)OCC. The van der Waals surface area contributed by atoms with Gasteiger partial charge in [-0.25, -0.2) is 9.59 Å². The number of rotatable bonds is 12. The zero-order valence-electron chi connectivity index (χ0n) is 22.0. The number of nitrogens with zero attached hydrogens (tertiary/aromatic N) is 1. The predicted octanol–water partition coefficient (Wildman–Crippen LogP) is 2.29. The van der Waals surface area contributed by atoms with Gasteiger partial charge in [0.1, 0.15) is 24.2 Å². The third kappa shape index (κ3) is 11.1. The van der Waals surface area contributed by atoms with E-state index in [-0.39, 0.29) is 32.0 Å².